The molecule has 142 valence electrons. The number of thiocarbonyl (C=S) groups is 1. The first kappa shape index (κ1) is 20.6. The third-order valence-corrected chi connectivity index (χ3v) is 4.83. The summed E-state index contributed by atoms with van der Waals surface area (Å²) in [5, 5.41) is 3.65. The molecule has 0 fully saturated rings. The van der Waals surface area contributed by atoms with E-state index in [2.05, 4.69) is 5.32 Å². The van der Waals surface area contributed by atoms with Gasteiger partial charge < -0.3 is 19.7 Å². The second-order valence-electron chi connectivity index (χ2n) is 5.71. The Bertz CT molecular complexity index is 706. The molecule has 0 aliphatic carbocycles. The molecule has 0 saturated carbocycles. The van der Waals surface area contributed by atoms with Gasteiger partial charge in [0.1, 0.15) is 5.82 Å². The molecule has 0 radical (unpaired) electrons. The molecule has 0 aromatic heterocycles. The largest absolute Gasteiger partial charge is 0.466 e. The molecule has 2 rings (SSSR count). The number of hydrogen-bond acceptors (Lipinski definition) is 4. The fourth-order valence-electron chi connectivity index (χ4n) is 2.90. The van der Waals surface area contributed by atoms with Crippen molar-refractivity contribution in [3.63, 3.8) is 0 Å². The smallest absolute Gasteiger partial charge is 0.337 e. The predicted molar refractivity (Wildman–Crippen MR) is 102 cm³/mol. The number of carbonyl (C=O) groups excluding carboxylic acids is 1. The summed E-state index contributed by atoms with van der Waals surface area (Å²) in [7, 11) is 1.29. The Labute approximate surface area is 163 Å². The number of esters is 1. The number of benzene rings is 1. The van der Waals surface area contributed by atoms with Gasteiger partial charge in [0, 0.05) is 36.0 Å². The average molecular weight is 401 g/mol. The molecule has 1 aliphatic heterocycles. The number of nitrogens with zero attached hydrogens (tertiary/aromatic N) is 1. The van der Waals surface area contributed by atoms with Crippen molar-refractivity contribution < 1.29 is 18.7 Å². The van der Waals surface area contributed by atoms with Gasteiger partial charge in [0.15, 0.2) is 5.11 Å². The number of methoxy groups -OCH3 is 1. The summed E-state index contributed by atoms with van der Waals surface area (Å²) >= 11 is 11.6. The summed E-state index contributed by atoms with van der Waals surface area (Å²) in [5.41, 5.74) is 1.07. The zero-order valence-corrected chi connectivity index (χ0v) is 16.5. The zero-order chi connectivity index (χ0) is 19.3. The van der Waals surface area contributed by atoms with Gasteiger partial charge in [-0.15, -0.1) is 0 Å². The highest BCUT2D eigenvalue weighted by Crippen LogP contribution is 2.36. The van der Waals surface area contributed by atoms with Crippen molar-refractivity contribution in [1.29, 1.82) is 0 Å². The Balaban J connectivity index is 2.43. The molecular formula is C18H22ClFN2O3S. The van der Waals surface area contributed by atoms with Crippen LogP contribution in [0.1, 0.15) is 31.9 Å². The van der Waals surface area contributed by atoms with E-state index in [9.17, 15) is 9.18 Å². The Morgan fingerprint density at radius 1 is 1.46 bits per heavy atom. The van der Waals surface area contributed by atoms with Gasteiger partial charge in [-0.25, -0.2) is 9.18 Å². The van der Waals surface area contributed by atoms with Crippen LogP contribution in [-0.2, 0) is 14.3 Å². The van der Waals surface area contributed by atoms with Crippen LogP contribution in [0.15, 0.2) is 29.5 Å². The van der Waals surface area contributed by atoms with Gasteiger partial charge in [0.25, 0.3) is 0 Å². The molecule has 0 saturated heterocycles. The van der Waals surface area contributed by atoms with Crippen molar-refractivity contribution in [2.24, 2.45) is 0 Å². The maximum Gasteiger partial charge on any atom is 0.337 e. The van der Waals surface area contributed by atoms with Gasteiger partial charge >= 0.3 is 5.97 Å². The van der Waals surface area contributed by atoms with Crippen LogP contribution in [0.2, 0.25) is 5.02 Å². The molecule has 5 nitrogen and oxygen atoms in total. The molecule has 1 atom stereocenters. The number of allylic oxidation sites excluding steroid dienone is 1. The van der Waals surface area contributed by atoms with E-state index in [1.54, 1.807) is 17.9 Å². The maximum absolute atomic E-state index is 14.4. The minimum Gasteiger partial charge on any atom is -0.466 e. The third kappa shape index (κ3) is 4.34. The number of nitrogens with one attached hydrogen (secondary N) is 1. The monoisotopic (exact) mass is 400 g/mol. The lowest BCUT2D eigenvalue weighted by Crippen LogP contribution is -2.48. The minimum atomic E-state index is -0.813. The molecule has 0 bridgehead atoms. The molecular weight excluding hydrogens is 379 g/mol. The maximum atomic E-state index is 14.4. The number of halogens is 2. The Hall–Kier alpha value is -1.70. The van der Waals surface area contributed by atoms with E-state index in [0.29, 0.717) is 30.6 Å². The van der Waals surface area contributed by atoms with Crippen LogP contribution in [0, 0.1) is 5.82 Å². The highest BCUT2D eigenvalue weighted by molar-refractivity contribution is 7.80. The van der Waals surface area contributed by atoms with Crippen LogP contribution in [0.4, 0.5) is 4.39 Å². The summed E-state index contributed by atoms with van der Waals surface area (Å²) in [6.45, 7) is 5.48. The van der Waals surface area contributed by atoms with E-state index in [1.165, 1.54) is 19.2 Å². The minimum absolute atomic E-state index is 0.172. The van der Waals surface area contributed by atoms with Crippen molar-refractivity contribution in [1.82, 2.24) is 10.2 Å². The zero-order valence-electron chi connectivity index (χ0n) is 15.0. The first-order valence-corrected chi connectivity index (χ1v) is 9.09. The van der Waals surface area contributed by atoms with Crippen molar-refractivity contribution >= 4 is 34.9 Å². The van der Waals surface area contributed by atoms with Crippen LogP contribution in [0.3, 0.4) is 0 Å². The molecule has 0 spiro atoms. The highest BCUT2D eigenvalue weighted by atomic mass is 35.5. The van der Waals surface area contributed by atoms with Gasteiger partial charge in [-0.3, -0.25) is 0 Å². The lowest BCUT2D eigenvalue weighted by atomic mass is 9.94. The molecule has 1 N–H and O–H groups in total. The van der Waals surface area contributed by atoms with Gasteiger partial charge in [-0.2, -0.15) is 0 Å². The standard InChI is InChI=1S/C18H22ClFN2O3S/c1-4-25-10-6-9-22-11(2)14(17(23)24-3)16(21-18(22)26)15-12(19)7-5-8-13(15)20/h5,7-8,16H,4,6,9-10H2,1-3H3,(H,21,26)/t16-/m1/s1. The number of hydrogen-bond donors (Lipinski definition) is 1. The van der Waals surface area contributed by atoms with Crippen molar-refractivity contribution in [2.75, 3.05) is 26.9 Å². The van der Waals surface area contributed by atoms with E-state index < -0.39 is 17.8 Å². The lowest BCUT2D eigenvalue weighted by Gasteiger charge is -2.37. The van der Waals surface area contributed by atoms with Gasteiger partial charge in [0.05, 0.1) is 18.7 Å². The molecule has 8 heteroatoms. The van der Waals surface area contributed by atoms with E-state index in [-0.39, 0.29) is 16.2 Å². The Morgan fingerprint density at radius 2 is 2.19 bits per heavy atom. The summed E-state index contributed by atoms with van der Waals surface area (Å²) in [6, 6.07) is 3.57. The average Bonchev–Trinajstić information content (AvgIpc) is 2.60. The first-order chi connectivity index (χ1) is 12.4. The molecule has 0 amide bonds. The number of ether oxygens (including phenoxy) is 2. The van der Waals surface area contributed by atoms with E-state index >= 15 is 0 Å². The topological polar surface area (TPSA) is 50.8 Å². The summed E-state index contributed by atoms with van der Waals surface area (Å²) in [4.78, 5) is 14.2. The third-order valence-electron chi connectivity index (χ3n) is 4.16. The quantitative estimate of drug-likeness (QED) is 0.429. The number of rotatable bonds is 7. The SMILES string of the molecule is CCOCCCN1C(=S)N[C@@H](c2c(F)cccc2Cl)C(C(=O)OC)=C1C. The van der Waals surface area contributed by atoms with Gasteiger partial charge in [0.2, 0.25) is 0 Å². The van der Waals surface area contributed by atoms with Crippen molar-refractivity contribution in [3.8, 4) is 0 Å². The van der Waals surface area contributed by atoms with Crippen LogP contribution in [0.5, 0.6) is 0 Å². The summed E-state index contributed by atoms with van der Waals surface area (Å²) < 4.78 is 24.7. The fraction of sp³-hybridized carbons (Fsp3) is 0.444. The number of carbonyl (C=O) groups is 1. The molecule has 1 heterocycles. The van der Waals surface area contributed by atoms with E-state index in [1.807, 2.05) is 6.92 Å². The predicted octanol–water partition coefficient (Wildman–Crippen LogP) is 3.58. The molecule has 1 aromatic carbocycles. The summed E-state index contributed by atoms with van der Waals surface area (Å²) in [5.74, 6) is -1.08. The Kier molecular flexibility index (Phi) is 7.37. The lowest BCUT2D eigenvalue weighted by molar-refractivity contribution is -0.136. The van der Waals surface area contributed by atoms with Crippen molar-refractivity contribution in [3.05, 3.63) is 45.9 Å². The Morgan fingerprint density at radius 3 is 2.81 bits per heavy atom. The normalized spacial score (nSPS) is 17.3. The second-order valence-corrected chi connectivity index (χ2v) is 6.50. The van der Waals surface area contributed by atoms with E-state index in [0.717, 1.165) is 6.42 Å². The van der Waals surface area contributed by atoms with Crippen molar-refractivity contribution in [2.45, 2.75) is 26.3 Å². The molecule has 1 aromatic rings. The fourth-order valence-corrected chi connectivity index (χ4v) is 3.52. The van der Waals surface area contributed by atoms with Crippen LogP contribution < -0.4 is 5.32 Å². The van der Waals surface area contributed by atoms with Crippen LogP contribution in [0.25, 0.3) is 0 Å². The molecule has 1 aliphatic rings. The van der Waals surface area contributed by atoms with Crippen LogP contribution in [-0.4, -0.2) is 42.8 Å². The van der Waals surface area contributed by atoms with Crippen LogP contribution >= 0.6 is 23.8 Å². The highest BCUT2D eigenvalue weighted by Gasteiger charge is 2.36. The van der Waals surface area contributed by atoms with Gasteiger partial charge in [-0.05, 0) is 44.6 Å². The van der Waals surface area contributed by atoms with Gasteiger partial charge in [-0.1, -0.05) is 17.7 Å². The molecule has 26 heavy (non-hydrogen) atoms. The second kappa shape index (κ2) is 9.30. The molecule has 0 unspecified atom stereocenters. The first-order valence-electron chi connectivity index (χ1n) is 8.31. The summed E-state index contributed by atoms with van der Waals surface area (Å²) in [6.07, 6.45) is 0.729. The van der Waals surface area contributed by atoms with E-state index in [4.69, 9.17) is 33.3 Å².